The number of Topliss-reactive ketones (excluding diaryl/α,β-unsaturated/α-hetero) is 1. The van der Waals surface area contributed by atoms with E-state index in [0.29, 0.717) is 23.5 Å². The van der Waals surface area contributed by atoms with Gasteiger partial charge in [-0.1, -0.05) is 0 Å². The van der Waals surface area contributed by atoms with Crippen LogP contribution in [0, 0.1) is 23.7 Å². The lowest BCUT2D eigenvalue weighted by Crippen LogP contribution is -2.38. The summed E-state index contributed by atoms with van der Waals surface area (Å²) in [6.07, 6.45) is 3.57. The molecule has 3 aliphatic carbocycles. The van der Waals surface area contributed by atoms with Crippen molar-refractivity contribution in [1.82, 2.24) is 0 Å². The number of carbonyl (C=O) groups excluding carboxylic acids is 1. The molecule has 2 N–H and O–H groups in total. The van der Waals surface area contributed by atoms with Crippen LogP contribution in [-0.2, 0) is 4.79 Å². The maximum Gasteiger partial charge on any atom is 0.141 e. The van der Waals surface area contributed by atoms with Gasteiger partial charge >= 0.3 is 0 Å². The lowest BCUT2D eigenvalue weighted by molar-refractivity contribution is -0.127. The molecule has 0 aromatic carbocycles. The summed E-state index contributed by atoms with van der Waals surface area (Å²) in [4.78, 5) is 11.6. The molecule has 60 valence electrons. The Morgan fingerprint density at radius 3 is 2.64 bits per heavy atom. The average Bonchev–Trinajstić information content (AvgIpc) is 2.50. The zero-order valence-corrected chi connectivity index (χ0v) is 6.49. The van der Waals surface area contributed by atoms with Crippen molar-refractivity contribution in [2.75, 3.05) is 0 Å². The van der Waals surface area contributed by atoms with Gasteiger partial charge in [-0.3, -0.25) is 4.79 Å². The van der Waals surface area contributed by atoms with Crippen molar-refractivity contribution >= 4 is 5.78 Å². The molecular formula is C9H13NO. The van der Waals surface area contributed by atoms with E-state index in [1.807, 2.05) is 0 Å². The van der Waals surface area contributed by atoms with E-state index < -0.39 is 0 Å². The van der Waals surface area contributed by atoms with E-state index in [4.69, 9.17) is 5.73 Å². The van der Waals surface area contributed by atoms with Crippen molar-refractivity contribution in [3.05, 3.63) is 0 Å². The fourth-order valence-electron chi connectivity index (χ4n) is 3.68. The molecule has 11 heavy (non-hydrogen) atoms. The number of hydrogen-bond donors (Lipinski definition) is 1. The van der Waals surface area contributed by atoms with Crippen LogP contribution in [-0.4, -0.2) is 11.8 Å². The van der Waals surface area contributed by atoms with Crippen molar-refractivity contribution in [3.8, 4) is 0 Å². The summed E-state index contributed by atoms with van der Waals surface area (Å²) in [6, 6.07) is 0.217. The van der Waals surface area contributed by atoms with Crippen LogP contribution in [0.3, 0.4) is 0 Å². The normalized spacial score (nSPS) is 59.4. The molecule has 0 aliphatic heterocycles. The molecular weight excluding hydrogens is 138 g/mol. The van der Waals surface area contributed by atoms with Crippen molar-refractivity contribution in [2.45, 2.75) is 25.3 Å². The van der Waals surface area contributed by atoms with Gasteiger partial charge in [0.15, 0.2) is 0 Å². The lowest BCUT2D eigenvalue weighted by Gasteiger charge is -2.24. The Kier molecular flexibility index (Phi) is 0.947. The van der Waals surface area contributed by atoms with Crippen molar-refractivity contribution in [1.29, 1.82) is 0 Å². The minimum Gasteiger partial charge on any atom is -0.327 e. The minimum absolute atomic E-state index is 0.217. The van der Waals surface area contributed by atoms with E-state index in [0.717, 1.165) is 12.8 Å². The number of ketones is 1. The van der Waals surface area contributed by atoms with Gasteiger partial charge in [-0.15, -0.1) is 0 Å². The Bertz CT molecular complexity index is 226. The van der Waals surface area contributed by atoms with E-state index >= 15 is 0 Å². The SMILES string of the molecule is NC1CC2C3CCC2C1C3=O. The maximum absolute atomic E-state index is 11.6. The molecule has 3 saturated carbocycles. The Morgan fingerprint density at radius 1 is 1.27 bits per heavy atom. The van der Waals surface area contributed by atoms with Crippen molar-refractivity contribution in [2.24, 2.45) is 29.4 Å². The topological polar surface area (TPSA) is 43.1 Å². The molecule has 3 rings (SSSR count). The summed E-state index contributed by atoms with van der Waals surface area (Å²) in [5.74, 6) is 2.61. The Morgan fingerprint density at radius 2 is 2.09 bits per heavy atom. The molecule has 0 heterocycles. The molecule has 4 bridgehead atoms. The Balaban J connectivity index is 2.05. The van der Waals surface area contributed by atoms with Gasteiger partial charge in [0.05, 0.1) is 0 Å². The summed E-state index contributed by atoms with van der Waals surface area (Å²) >= 11 is 0. The van der Waals surface area contributed by atoms with Crippen LogP contribution in [0.1, 0.15) is 19.3 Å². The largest absolute Gasteiger partial charge is 0.327 e. The van der Waals surface area contributed by atoms with E-state index in [9.17, 15) is 4.79 Å². The number of rotatable bonds is 0. The molecule has 0 aromatic heterocycles. The first-order valence-electron chi connectivity index (χ1n) is 4.58. The van der Waals surface area contributed by atoms with Crippen LogP contribution in [0.15, 0.2) is 0 Å². The molecule has 3 aliphatic rings. The molecule has 0 aromatic rings. The molecule has 0 saturated heterocycles. The first-order valence-corrected chi connectivity index (χ1v) is 4.58. The summed E-state index contributed by atoms with van der Waals surface area (Å²) in [5, 5.41) is 0. The van der Waals surface area contributed by atoms with E-state index in [-0.39, 0.29) is 12.0 Å². The van der Waals surface area contributed by atoms with Crippen molar-refractivity contribution in [3.63, 3.8) is 0 Å². The summed E-state index contributed by atoms with van der Waals surface area (Å²) < 4.78 is 0. The van der Waals surface area contributed by atoms with Gasteiger partial charge in [-0.2, -0.15) is 0 Å². The zero-order valence-electron chi connectivity index (χ0n) is 6.49. The molecule has 2 heteroatoms. The van der Waals surface area contributed by atoms with Gasteiger partial charge in [-0.25, -0.2) is 0 Å². The summed E-state index contributed by atoms with van der Waals surface area (Å²) in [5.41, 5.74) is 5.88. The van der Waals surface area contributed by atoms with Gasteiger partial charge < -0.3 is 5.73 Å². The first kappa shape index (κ1) is 6.18. The van der Waals surface area contributed by atoms with Crippen LogP contribution >= 0.6 is 0 Å². The molecule has 5 atom stereocenters. The Labute approximate surface area is 66.1 Å². The highest BCUT2D eigenvalue weighted by Gasteiger charge is 2.60. The quantitative estimate of drug-likeness (QED) is 0.549. The minimum atomic E-state index is 0.217. The zero-order chi connectivity index (χ0) is 7.59. The van der Waals surface area contributed by atoms with E-state index in [2.05, 4.69) is 0 Å². The van der Waals surface area contributed by atoms with Gasteiger partial charge in [0.1, 0.15) is 5.78 Å². The van der Waals surface area contributed by atoms with Crippen LogP contribution in [0.2, 0.25) is 0 Å². The third kappa shape index (κ3) is 0.527. The van der Waals surface area contributed by atoms with Crippen LogP contribution in [0.4, 0.5) is 0 Å². The number of hydrogen-bond acceptors (Lipinski definition) is 2. The molecule has 0 radical (unpaired) electrons. The predicted octanol–water partition coefficient (Wildman–Crippen LogP) is 0.559. The fourth-order valence-corrected chi connectivity index (χ4v) is 3.68. The van der Waals surface area contributed by atoms with Gasteiger partial charge in [0.2, 0.25) is 0 Å². The van der Waals surface area contributed by atoms with Crippen molar-refractivity contribution < 1.29 is 4.79 Å². The highest BCUT2D eigenvalue weighted by Crippen LogP contribution is 2.58. The molecule has 0 spiro atoms. The monoisotopic (exact) mass is 151 g/mol. The molecule has 2 nitrogen and oxygen atoms in total. The summed E-state index contributed by atoms with van der Waals surface area (Å²) in [6.45, 7) is 0. The summed E-state index contributed by atoms with van der Waals surface area (Å²) in [7, 11) is 0. The van der Waals surface area contributed by atoms with Crippen LogP contribution in [0.25, 0.3) is 0 Å². The van der Waals surface area contributed by atoms with Crippen LogP contribution < -0.4 is 5.73 Å². The molecule has 3 fully saturated rings. The standard InChI is InChI=1S/C9H13NO/c10-7-3-6-4-1-2-5(6)9(11)8(4)7/h4-8H,1-3,10H2. The highest BCUT2D eigenvalue weighted by molar-refractivity contribution is 5.89. The van der Waals surface area contributed by atoms with Crippen LogP contribution in [0.5, 0.6) is 0 Å². The average molecular weight is 151 g/mol. The number of nitrogens with two attached hydrogens (primary N) is 1. The molecule has 5 unspecified atom stereocenters. The second-order valence-electron chi connectivity index (χ2n) is 4.34. The second kappa shape index (κ2) is 1.69. The maximum atomic E-state index is 11.6. The highest BCUT2D eigenvalue weighted by atomic mass is 16.1. The predicted molar refractivity (Wildman–Crippen MR) is 40.8 cm³/mol. The lowest BCUT2D eigenvalue weighted by atomic mass is 9.82. The van der Waals surface area contributed by atoms with Gasteiger partial charge in [0.25, 0.3) is 0 Å². The molecule has 0 amide bonds. The number of carbonyl (C=O) groups is 1. The second-order valence-corrected chi connectivity index (χ2v) is 4.34. The van der Waals surface area contributed by atoms with Gasteiger partial charge in [-0.05, 0) is 31.1 Å². The smallest absolute Gasteiger partial charge is 0.141 e. The van der Waals surface area contributed by atoms with E-state index in [1.54, 1.807) is 0 Å². The fraction of sp³-hybridized carbons (Fsp3) is 0.889. The first-order chi connectivity index (χ1) is 5.29. The van der Waals surface area contributed by atoms with Gasteiger partial charge in [0, 0.05) is 17.9 Å². The Hall–Kier alpha value is -0.370. The van der Waals surface area contributed by atoms with E-state index in [1.165, 1.54) is 6.42 Å². The third-order valence-electron chi connectivity index (χ3n) is 4.04. The third-order valence-corrected chi connectivity index (χ3v) is 4.04.